The highest BCUT2D eigenvalue weighted by Crippen LogP contribution is 2.39. The zero-order chi connectivity index (χ0) is 21.5. The maximum atomic E-state index is 13.3. The fourth-order valence-electron chi connectivity index (χ4n) is 3.53. The molecule has 7 nitrogen and oxygen atoms in total. The number of amides is 2. The van der Waals surface area contributed by atoms with Gasteiger partial charge in [-0.05, 0) is 38.5 Å². The molecule has 2 aromatic rings. The van der Waals surface area contributed by atoms with E-state index in [1.54, 1.807) is 30.1 Å². The zero-order valence-electron chi connectivity index (χ0n) is 17.1. The summed E-state index contributed by atoms with van der Waals surface area (Å²) in [5.74, 6) is -0.361. The highest BCUT2D eigenvalue weighted by Gasteiger charge is 2.35. The van der Waals surface area contributed by atoms with E-state index in [0.29, 0.717) is 33.1 Å². The molecular formula is C21H26ClN5O2. The summed E-state index contributed by atoms with van der Waals surface area (Å²) in [4.78, 5) is 33.6. The largest absolute Gasteiger partial charge is 0.399 e. The monoisotopic (exact) mass is 415 g/mol. The number of carbonyl (C=O) groups excluding carboxylic acids is 2. The van der Waals surface area contributed by atoms with Gasteiger partial charge in [-0.2, -0.15) is 0 Å². The number of nitrogens with zero attached hydrogens (tertiary/aromatic N) is 3. The molecule has 2 heterocycles. The molecule has 4 N–H and O–H groups in total. The Morgan fingerprint density at radius 1 is 1.34 bits per heavy atom. The van der Waals surface area contributed by atoms with E-state index in [-0.39, 0.29) is 37.5 Å². The van der Waals surface area contributed by atoms with Gasteiger partial charge in [0, 0.05) is 42.1 Å². The van der Waals surface area contributed by atoms with Crippen LogP contribution >= 0.6 is 11.6 Å². The quantitative estimate of drug-likeness (QED) is 0.730. The van der Waals surface area contributed by atoms with Gasteiger partial charge in [0.05, 0.1) is 22.8 Å². The molecule has 1 aliphatic rings. The Bertz CT molecular complexity index is 990. The number of halogens is 1. The smallest absolute Gasteiger partial charge is 0.257 e. The molecule has 0 unspecified atom stereocenters. The number of pyridine rings is 1. The van der Waals surface area contributed by atoms with Gasteiger partial charge in [0.1, 0.15) is 6.54 Å². The van der Waals surface area contributed by atoms with E-state index >= 15 is 0 Å². The maximum Gasteiger partial charge on any atom is 0.257 e. The van der Waals surface area contributed by atoms with Crippen LogP contribution in [0.25, 0.3) is 11.1 Å². The molecule has 1 aliphatic heterocycles. The Balaban J connectivity index is 2.09. The summed E-state index contributed by atoms with van der Waals surface area (Å²) in [5, 5.41) is 0.439. The molecule has 3 rings (SSSR count). The zero-order valence-corrected chi connectivity index (χ0v) is 17.9. The van der Waals surface area contributed by atoms with Crippen molar-refractivity contribution in [1.82, 2.24) is 14.8 Å². The van der Waals surface area contributed by atoms with Crippen molar-refractivity contribution in [2.75, 3.05) is 19.3 Å². The summed E-state index contributed by atoms with van der Waals surface area (Å²) in [6.07, 6.45) is 0. The molecule has 1 aromatic carbocycles. The lowest BCUT2D eigenvalue weighted by Gasteiger charge is -2.24. The second-order valence-electron chi connectivity index (χ2n) is 7.58. The first kappa shape index (κ1) is 21.1. The van der Waals surface area contributed by atoms with E-state index < -0.39 is 0 Å². The number of fused-ring (bicyclic) bond motifs is 1. The van der Waals surface area contributed by atoms with Gasteiger partial charge in [0.25, 0.3) is 5.91 Å². The van der Waals surface area contributed by atoms with E-state index in [2.05, 4.69) is 4.98 Å². The Kier molecular flexibility index (Phi) is 5.82. The third-order valence-electron chi connectivity index (χ3n) is 5.38. The Hall–Kier alpha value is -2.64. The molecule has 0 saturated carbocycles. The molecule has 0 aliphatic carbocycles. The standard InChI is InChI=1S/C21H26ClN5O2/c1-11(2)26(4)18(28)10-27-9-17-20(21(27)29)19(15(8-23)12(3)25-17)14-6-5-13(24)7-16(14)22/h5-7,11H,8-10,23-24H2,1-4H3. The van der Waals surface area contributed by atoms with Crippen LogP contribution in [-0.2, 0) is 17.9 Å². The number of nitrogens with two attached hydrogens (primary N) is 2. The summed E-state index contributed by atoms with van der Waals surface area (Å²) in [5.41, 5.74) is 16.3. The SMILES string of the molecule is Cc1nc2c(c(-c3ccc(N)cc3Cl)c1CN)C(=O)N(CC(=O)N(C)C(C)C)C2. The molecule has 0 saturated heterocycles. The molecule has 1 aromatic heterocycles. The van der Waals surface area contributed by atoms with Gasteiger partial charge in [-0.3, -0.25) is 14.6 Å². The highest BCUT2D eigenvalue weighted by molar-refractivity contribution is 6.34. The average Bonchev–Trinajstić information content (AvgIpc) is 2.95. The van der Waals surface area contributed by atoms with Gasteiger partial charge in [-0.15, -0.1) is 0 Å². The minimum Gasteiger partial charge on any atom is -0.399 e. The van der Waals surface area contributed by atoms with E-state index in [0.717, 1.165) is 11.3 Å². The van der Waals surface area contributed by atoms with Crippen molar-refractivity contribution in [2.24, 2.45) is 5.73 Å². The lowest BCUT2D eigenvalue weighted by atomic mass is 9.92. The summed E-state index contributed by atoms with van der Waals surface area (Å²) < 4.78 is 0. The predicted octanol–water partition coefficient (Wildman–Crippen LogP) is 2.57. The highest BCUT2D eigenvalue weighted by atomic mass is 35.5. The fraction of sp³-hybridized carbons (Fsp3) is 0.381. The predicted molar refractivity (Wildman–Crippen MR) is 114 cm³/mol. The van der Waals surface area contributed by atoms with Gasteiger partial charge in [-0.25, -0.2) is 0 Å². The number of hydrogen-bond acceptors (Lipinski definition) is 5. The molecule has 0 bridgehead atoms. The first-order chi connectivity index (χ1) is 13.6. The molecule has 29 heavy (non-hydrogen) atoms. The Labute approximate surface area is 175 Å². The second kappa shape index (κ2) is 8.00. The Morgan fingerprint density at radius 3 is 2.62 bits per heavy atom. The molecule has 0 radical (unpaired) electrons. The average molecular weight is 416 g/mol. The van der Waals surface area contributed by atoms with Crippen LogP contribution in [0.15, 0.2) is 18.2 Å². The molecule has 0 spiro atoms. The van der Waals surface area contributed by atoms with Gasteiger partial charge in [0.15, 0.2) is 0 Å². The van der Waals surface area contributed by atoms with E-state index in [1.807, 2.05) is 20.8 Å². The molecule has 154 valence electrons. The van der Waals surface area contributed by atoms with Crippen LogP contribution in [0.1, 0.15) is 41.2 Å². The first-order valence-corrected chi connectivity index (χ1v) is 9.86. The number of nitrogen functional groups attached to an aromatic ring is 1. The normalized spacial score (nSPS) is 13.2. The number of aromatic nitrogens is 1. The number of hydrogen-bond donors (Lipinski definition) is 2. The Morgan fingerprint density at radius 2 is 2.03 bits per heavy atom. The fourth-order valence-corrected chi connectivity index (χ4v) is 3.81. The summed E-state index contributed by atoms with van der Waals surface area (Å²) in [6.45, 7) is 6.20. The van der Waals surface area contributed by atoms with Crippen LogP contribution in [0.2, 0.25) is 5.02 Å². The maximum absolute atomic E-state index is 13.3. The van der Waals surface area contributed by atoms with Crippen molar-refractivity contribution >= 4 is 29.1 Å². The number of anilines is 1. The van der Waals surface area contributed by atoms with Crippen LogP contribution in [0.3, 0.4) is 0 Å². The third kappa shape index (κ3) is 3.80. The van der Waals surface area contributed by atoms with Gasteiger partial charge in [0.2, 0.25) is 5.91 Å². The third-order valence-corrected chi connectivity index (χ3v) is 5.69. The van der Waals surface area contributed by atoms with Crippen molar-refractivity contribution in [3.8, 4) is 11.1 Å². The number of carbonyl (C=O) groups is 2. The van der Waals surface area contributed by atoms with Crippen molar-refractivity contribution in [3.05, 3.63) is 45.7 Å². The topological polar surface area (TPSA) is 106 Å². The van der Waals surface area contributed by atoms with Crippen LogP contribution in [0.4, 0.5) is 5.69 Å². The van der Waals surface area contributed by atoms with Crippen molar-refractivity contribution in [2.45, 2.75) is 39.9 Å². The number of benzene rings is 1. The van der Waals surface area contributed by atoms with E-state index in [9.17, 15) is 9.59 Å². The molecular weight excluding hydrogens is 390 g/mol. The van der Waals surface area contributed by atoms with Gasteiger partial charge >= 0.3 is 0 Å². The van der Waals surface area contributed by atoms with Crippen LogP contribution in [0.5, 0.6) is 0 Å². The minimum atomic E-state index is -0.240. The van der Waals surface area contributed by atoms with Crippen molar-refractivity contribution in [1.29, 1.82) is 0 Å². The molecule has 8 heteroatoms. The van der Waals surface area contributed by atoms with E-state index in [1.165, 1.54) is 4.90 Å². The summed E-state index contributed by atoms with van der Waals surface area (Å²) in [7, 11) is 1.73. The molecule has 0 fully saturated rings. The van der Waals surface area contributed by atoms with Crippen molar-refractivity contribution < 1.29 is 9.59 Å². The van der Waals surface area contributed by atoms with Crippen LogP contribution in [0, 0.1) is 6.92 Å². The second-order valence-corrected chi connectivity index (χ2v) is 7.98. The van der Waals surface area contributed by atoms with Gasteiger partial charge < -0.3 is 21.3 Å². The lowest BCUT2D eigenvalue weighted by Crippen LogP contribution is -2.41. The van der Waals surface area contributed by atoms with Gasteiger partial charge in [-0.1, -0.05) is 17.7 Å². The number of likely N-dealkylation sites (N-methyl/N-ethyl adjacent to an activating group) is 1. The summed E-state index contributed by atoms with van der Waals surface area (Å²) >= 11 is 6.46. The summed E-state index contributed by atoms with van der Waals surface area (Å²) in [6, 6.07) is 5.23. The lowest BCUT2D eigenvalue weighted by molar-refractivity contribution is -0.132. The van der Waals surface area contributed by atoms with Crippen LogP contribution in [-0.4, -0.2) is 46.2 Å². The van der Waals surface area contributed by atoms with Crippen molar-refractivity contribution in [3.63, 3.8) is 0 Å². The number of aryl methyl sites for hydroxylation is 1. The molecule has 2 amide bonds. The number of rotatable bonds is 5. The first-order valence-electron chi connectivity index (χ1n) is 9.48. The van der Waals surface area contributed by atoms with Crippen LogP contribution < -0.4 is 11.5 Å². The minimum absolute atomic E-state index is 0.00418. The molecule has 0 atom stereocenters. The van der Waals surface area contributed by atoms with E-state index in [4.69, 9.17) is 23.1 Å².